The first kappa shape index (κ1) is 37.8. The highest BCUT2D eigenvalue weighted by Crippen LogP contribution is 2.36. The summed E-state index contributed by atoms with van der Waals surface area (Å²) >= 11 is 0. The number of pyridine rings is 1. The maximum Gasteiger partial charge on any atom is 0.410 e. The summed E-state index contributed by atoms with van der Waals surface area (Å²) in [5.41, 5.74) is 2.63. The van der Waals surface area contributed by atoms with E-state index < -0.39 is 30.5 Å². The quantitative estimate of drug-likeness (QED) is 0.156. The van der Waals surface area contributed by atoms with Crippen LogP contribution >= 0.6 is 0 Å². The lowest BCUT2D eigenvalue weighted by Gasteiger charge is -2.42. The van der Waals surface area contributed by atoms with Crippen molar-refractivity contribution in [2.45, 2.75) is 98.4 Å². The van der Waals surface area contributed by atoms with Crippen LogP contribution in [0.15, 0.2) is 36.5 Å². The van der Waals surface area contributed by atoms with Gasteiger partial charge < -0.3 is 33.3 Å². The van der Waals surface area contributed by atoms with Crippen molar-refractivity contribution in [1.29, 1.82) is 0 Å². The van der Waals surface area contributed by atoms with Crippen LogP contribution in [-0.2, 0) is 18.3 Å². The number of anilines is 1. The zero-order valence-corrected chi connectivity index (χ0v) is 33.5. The summed E-state index contributed by atoms with van der Waals surface area (Å²) in [4.78, 5) is 19.7. The smallest absolute Gasteiger partial charge is 0.410 e. The van der Waals surface area contributed by atoms with Crippen LogP contribution in [0.3, 0.4) is 0 Å². The van der Waals surface area contributed by atoms with Crippen molar-refractivity contribution in [2.75, 3.05) is 38.7 Å². The van der Waals surface area contributed by atoms with E-state index in [1.54, 1.807) is 11.9 Å². The van der Waals surface area contributed by atoms with Crippen LogP contribution in [0.5, 0.6) is 5.75 Å². The summed E-state index contributed by atoms with van der Waals surface area (Å²) in [7, 11) is 0.299. The largest absolute Gasteiger partial charge is 0.493 e. The predicted molar refractivity (Wildman–Crippen MR) is 197 cm³/mol. The Labute approximate surface area is 291 Å². The van der Waals surface area contributed by atoms with Gasteiger partial charge in [0.05, 0.1) is 23.9 Å². The van der Waals surface area contributed by atoms with Gasteiger partial charge >= 0.3 is 6.09 Å². The second kappa shape index (κ2) is 16.6. The van der Waals surface area contributed by atoms with Gasteiger partial charge in [0, 0.05) is 61.5 Å². The molecule has 0 spiro atoms. The average molecular weight is 700 g/mol. The SMILES string of the molecule is C[SiH2]OC(O[SiH2]C)C(C)(C)C(COc1cccc(-c2cc(NC3CCOCC3)c3cnn(C(C)C)c3n2)c1)CN(C)C(=O)OC(C)(C)C. The topological polar surface area (TPSA) is 109 Å². The first-order valence-electron chi connectivity index (χ1n) is 17.4. The van der Waals surface area contributed by atoms with E-state index in [0.717, 1.165) is 59.8 Å². The van der Waals surface area contributed by atoms with Crippen LogP contribution in [0.25, 0.3) is 22.3 Å². The van der Waals surface area contributed by atoms with Crippen molar-refractivity contribution in [3.05, 3.63) is 36.5 Å². The van der Waals surface area contributed by atoms with Crippen LogP contribution in [0.4, 0.5) is 10.5 Å². The summed E-state index contributed by atoms with van der Waals surface area (Å²) in [5, 5.41) is 9.45. The summed E-state index contributed by atoms with van der Waals surface area (Å²) in [6.45, 7) is 20.6. The molecular weight excluding hydrogens is 643 g/mol. The van der Waals surface area contributed by atoms with Crippen LogP contribution in [0.1, 0.15) is 67.3 Å². The minimum atomic E-state index is -0.736. The molecule has 1 aliphatic rings. The Kier molecular flexibility index (Phi) is 13.1. The van der Waals surface area contributed by atoms with Crippen molar-refractivity contribution < 1.29 is 27.9 Å². The highest BCUT2D eigenvalue weighted by atomic mass is 28.2. The standard InChI is InChI=1S/C35H57N5O6Si2/c1-23(2)40-31-28(20-36-40)30(37-26-14-16-42-17-15-26)19-29(38-31)24-12-11-13-27(18-24)43-22-25(21-39(8)33(41)44-34(3,4)5)35(6,7)32(45-47-9)46-48-10/h11-13,18-20,23,25-26,32H,14-17,21-22,47-48H2,1-10H3,(H,37,38). The number of nitrogens with one attached hydrogen (secondary N) is 1. The molecule has 0 saturated carbocycles. The summed E-state index contributed by atoms with van der Waals surface area (Å²) in [5.74, 6) is 0.606. The summed E-state index contributed by atoms with van der Waals surface area (Å²) < 4.78 is 32.3. The van der Waals surface area contributed by atoms with Gasteiger partial charge in [0.2, 0.25) is 0 Å². The van der Waals surface area contributed by atoms with Gasteiger partial charge in [-0.05, 0) is 65.7 Å². The van der Waals surface area contributed by atoms with E-state index in [0.29, 0.717) is 19.2 Å². The first-order chi connectivity index (χ1) is 22.7. The van der Waals surface area contributed by atoms with Crippen molar-refractivity contribution in [3.8, 4) is 17.0 Å². The van der Waals surface area contributed by atoms with E-state index in [2.05, 4.69) is 63.3 Å². The molecule has 1 fully saturated rings. The Morgan fingerprint density at radius 3 is 2.42 bits per heavy atom. The normalized spacial score (nSPS) is 16.3. The molecule has 48 heavy (non-hydrogen) atoms. The number of rotatable bonds is 15. The lowest BCUT2D eigenvalue weighted by atomic mass is 9.78. The lowest BCUT2D eigenvalue weighted by Crippen LogP contribution is -2.49. The van der Waals surface area contributed by atoms with Gasteiger partial charge in [-0.15, -0.1) is 0 Å². The zero-order chi connectivity index (χ0) is 35.1. The van der Waals surface area contributed by atoms with Crippen molar-refractivity contribution in [1.82, 2.24) is 19.7 Å². The maximum absolute atomic E-state index is 13.0. The molecule has 11 nitrogen and oxygen atoms in total. The zero-order valence-electron chi connectivity index (χ0n) is 30.7. The van der Waals surface area contributed by atoms with Gasteiger partial charge in [0.25, 0.3) is 0 Å². The van der Waals surface area contributed by atoms with Gasteiger partial charge in [-0.2, -0.15) is 5.10 Å². The second-order valence-electron chi connectivity index (χ2n) is 14.5. The molecule has 4 rings (SSSR count). The highest BCUT2D eigenvalue weighted by molar-refractivity contribution is 6.26. The average Bonchev–Trinajstić information content (AvgIpc) is 3.47. The van der Waals surface area contributed by atoms with Crippen LogP contribution in [-0.4, -0.2) is 96.6 Å². The molecule has 1 N–H and O–H groups in total. The molecule has 0 radical (unpaired) electrons. The fraction of sp³-hybridized carbons (Fsp3) is 0.629. The Morgan fingerprint density at radius 1 is 1.10 bits per heavy atom. The molecule has 3 heterocycles. The minimum absolute atomic E-state index is 0.116. The number of benzene rings is 1. The van der Waals surface area contributed by atoms with Gasteiger partial charge in [0.15, 0.2) is 25.2 Å². The molecule has 1 aliphatic heterocycles. The number of hydrogen-bond acceptors (Lipinski definition) is 9. The fourth-order valence-electron chi connectivity index (χ4n) is 5.89. The number of carbonyl (C=O) groups is 1. The first-order valence-corrected chi connectivity index (χ1v) is 21.3. The van der Waals surface area contributed by atoms with E-state index in [9.17, 15) is 4.79 Å². The number of fused-ring (bicyclic) bond motifs is 1. The van der Waals surface area contributed by atoms with Gasteiger partial charge in [-0.3, -0.25) is 0 Å². The van der Waals surface area contributed by atoms with Crippen molar-refractivity contribution in [2.24, 2.45) is 11.3 Å². The molecule has 1 saturated heterocycles. The molecule has 0 bridgehead atoms. The lowest BCUT2D eigenvalue weighted by molar-refractivity contribution is -0.115. The molecule has 1 atom stereocenters. The monoisotopic (exact) mass is 699 g/mol. The van der Waals surface area contributed by atoms with Crippen LogP contribution < -0.4 is 10.1 Å². The van der Waals surface area contributed by atoms with E-state index in [1.165, 1.54) is 0 Å². The summed E-state index contributed by atoms with van der Waals surface area (Å²) in [6.07, 6.45) is 3.09. The van der Waals surface area contributed by atoms with Crippen LogP contribution in [0, 0.1) is 11.3 Å². The van der Waals surface area contributed by atoms with Crippen molar-refractivity contribution in [3.63, 3.8) is 0 Å². The molecule has 0 aliphatic carbocycles. The molecule has 1 unspecified atom stereocenters. The molecule has 13 heteroatoms. The Bertz CT molecular complexity index is 1480. The third-order valence-corrected chi connectivity index (χ3v) is 9.99. The summed E-state index contributed by atoms with van der Waals surface area (Å²) in [6, 6.07) is 10.7. The van der Waals surface area contributed by atoms with E-state index >= 15 is 0 Å². The highest BCUT2D eigenvalue weighted by Gasteiger charge is 2.40. The number of carbonyl (C=O) groups excluding carboxylic acids is 1. The van der Waals surface area contributed by atoms with E-state index in [-0.39, 0.29) is 24.3 Å². The Morgan fingerprint density at radius 2 is 1.79 bits per heavy atom. The number of nitrogens with zero attached hydrogens (tertiary/aromatic N) is 4. The van der Waals surface area contributed by atoms with E-state index in [4.69, 9.17) is 28.0 Å². The van der Waals surface area contributed by atoms with Gasteiger partial charge in [-0.1, -0.05) is 39.1 Å². The number of amides is 1. The molecule has 2 aromatic heterocycles. The molecule has 3 aromatic rings. The van der Waals surface area contributed by atoms with Gasteiger partial charge in [0.1, 0.15) is 17.6 Å². The number of hydrogen-bond donors (Lipinski definition) is 1. The third-order valence-electron chi connectivity index (χ3n) is 8.71. The number of ether oxygens (including phenoxy) is 3. The fourth-order valence-corrected chi connectivity index (χ4v) is 7.74. The molecule has 1 aromatic carbocycles. The number of aromatic nitrogens is 3. The minimum Gasteiger partial charge on any atom is -0.493 e. The predicted octanol–water partition coefficient (Wildman–Crippen LogP) is 5.78. The van der Waals surface area contributed by atoms with Gasteiger partial charge in [-0.25, -0.2) is 14.5 Å². The second-order valence-corrected chi connectivity index (χ2v) is 16.3. The molecule has 266 valence electrons. The Hall–Kier alpha value is -2.98. The molecule has 1 amide bonds. The van der Waals surface area contributed by atoms with E-state index in [1.807, 2.05) is 49.8 Å². The van der Waals surface area contributed by atoms with Crippen LogP contribution in [0.2, 0.25) is 13.1 Å². The Balaban J connectivity index is 1.63. The maximum atomic E-state index is 13.0. The molecular formula is C35H57N5O6Si2. The third kappa shape index (κ3) is 9.81. The van der Waals surface area contributed by atoms with Crippen molar-refractivity contribution >= 4 is 42.3 Å².